The van der Waals surface area contributed by atoms with Gasteiger partial charge in [-0.3, -0.25) is 0 Å². The van der Waals surface area contributed by atoms with E-state index in [1.807, 2.05) is 13.8 Å². The summed E-state index contributed by atoms with van der Waals surface area (Å²) in [5.74, 6) is 0.167. The minimum absolute atomic E-state index is 0.0124. The molecule has 0 fully saturated rings. The highest BCUT2D eigenvalue weighted by atomic mass is 33.1. The Bertz CT molecular complexity index is 196. The zero-order valence-electron chi connectivity index (χ0n) is 8.18. The van der Waals surface area contributed by atoms with Crippen LogP contribution in [0.25, 0.3) is 0 Å². The van der Waals surface area contributed by atoms with E-state index in [0.717, 1.165) is 0 Å². The predicted octanol–water partition coefficient (Wildman–Crippen LogP) is -0.393. The summed E-state index contributed by atoms with van der Waals surface area (Å²) in [5.41, 5.74) is 20.9. The molecule has 2 atom stereocenters. The Balaban J connectivity index is 3.83. The average Bonchev–Trinajstić information content (AvgIpc) is 1.98. The first-order valence-corrected chi connectivity index (χ1v) is 6.19. The third-order valence-electron chi connectivity index (χ3n) is 0.996. The Morgan fingerprint density at radius 2 is 1.14 bits per heavy atom. The predicted molar refractivity (Wildman–Crippen MR) is 65.7 cm³/mol. The molecule has 0 radical (unpaired) electrons. The lowest BCUT2D eigenvalue weighted by Gasteiger charge is -2.08. The Hall–Kier alpha value is -0.760. The molecule has 0 heterocycles. The SMILES string of the molecule is CC(N=C(N)N)SSC(C)N=C(N)N. The zero-order valence-corrected chi connectivity index (χ0v) is 9.81. The molecule has 82 valence electrons. The van der Waals surface area contributed by atoms with E-state index >= 15 is 0 Å². The molecule has 6 nitrogen and oxygen atoms in total. The van der Waals surface area contributed by atoms with E-state index in [1.165, 1.54) is 21.6 Å². The van der Waals surface area contributed by atoms with Gasteiger partial charge in [-0.2, -0.15) is 0 Å². The van der Waals surface area contributed by atoms with Crippen LogP contribution in [0.3, 0.4) is 0 Å². The molecule has 0 bridgehead atoms. The summed E-state index contributed by atoms with van der Waals surface area (Å²) < 4.78 is 0. The van der Waals surface area contributed by atoms with Crippen molar-refractivity contribution < 1.29 is 0 Å². The van der Waals surface area contributed by atoms with Gasteiger partial charge in [0.2, 0.25) is 0 Å². The second kappa shape index (κ2) is 6.66. The number of nitrogens with zero attached hydrogens (tertiary/aromatic N) is 2. The molecule has 0 aromatic heterocycles. The molecule has 0 rings (SSSR count). The average molecular weight is 236 g/mol. The first-order chi connectivity index (χ1) is 6.41. The monoisotopic (exact) mass is 236 g/mol. The molecule has 0 aliphatic heterocycles. The number of guanidine groups is 2. The minimum Gasteiger partial charge on any atom is -0.370 e. The topological polar surface area (TPSA) is 129 Å². The maximum Gasteiger partial charge on any atom is 0.187 e. The van der Waals surface area contributed by atoms with E-state index in [1.54, 1.807) is 0 Å². The van der Waals surface area contributed by atoms with Crippen LogP contribution in [0.4, 0.5) is 0 Å². The van der Waals surface area contributed by atoms with E-state index in [2.05, 4.69) is 9.98 Å². The number of hydrogen-bond donors (Lipinski definition) is 4. The van der Waals surface area contributed by atoms with Gasteiger partial charge >= 0.3 is 0 Å². The van der Waals surface area contributed by atoms with E-state index < -0.39 is 0 Å². The lowest BCUT2D eigenvalue weighted by Crippen LogP contribution is -2.24. The van der Waals surface area contributed by atoms with Gasteiger partial charge in [-0.15, -0.1) is 0 Å². The summed E-state index contributed by atoms with van der Waals surface area (Å²) in [5, 5.41) is -0.0247. The molecular weight excluding hydrogens is 220 g/mol. The largest absolute Gasteiger partial charge is 0.370 e. The van der Waals surface area contributed by atoms with E-state index in [9.17, 15) is 0 Å². The van der Waals surface area contributed by atoms with Crippen LogP contribution in [0.1, 0.15) is 13.8 Å². The molecular formula is C6H16N6S2. The van der Waals surface area contributed by atoms with Crippen molar-refractivity contribution >= 4 is 33.5 Å². The molecule has 0 spiro atoms. The first-order valence-electron chi connectivity index (χ1n) is 3.91. The third-order valence-corrected chi connectivity index (χ3v) is 3.88. The highest BCUT2D eigenvalue weighted by Crippen LogP contribution is 2.31. The lowest BCUT2D eigenvalue weighted by atomic mass is 10.8. The molecule has 0 saturated carbocycles. The van der Waals surface area contributed by atoms with E-state index in [0.29, 0.717) is 0 Å². The number of rotatable bonds is 5. The van der Waals surface area contributed by atoms with Gasteiger partial charge < -0.3 is 22.9 Å². The van der Waals surface area contributed by atoms with Crippen molar-refractivity contribution in [1.82, 2.24) is 0 Å². The second-order valence-electron chi connectivity index (χ2n) is 2.50. The van der Waals surface area contributed by atoms with Crippen LogP contribution in [0.5, 0.6) is 0 Å². The molecule has 0 aromatic carbocycles. The maximum atomic E-state index is 5.22. The molecule has 0 saturated heterocycles. The fraction of sp³-hybridized carbons (Fsp3) is 0.667. The van der Waals surface area contributed by atoms with Gasteiger partial charge in [0.05, 0.1) is 0 Å². The van der Waals surface area contributed by atoms with E-state index in [4.69, 9.17) is 22.9 Å². The van der Waals surface area contributed by atoms with Crippen molar-refractivity contribution in [2.45, 2.75) is 24.6 Å². The van der Waals surface area contributed by atoms with E-state index in [-0.39, 0.29) is 22.7 Å². The van der Waals surface area contributed by atoms with Crippen LogP contribution < -0.4 is 22.9 Å². The Labute approximate surface area is 91.4 Å². The Morgan fingerprint density at radius 1 is 0.857 bits per heavy atom. The first kappa shape index (κ1) is 13.2. The van der Waals surface area contributed by atoms with Gasteiger partial charge in [0.1, 0.15) is 10.7 Å². The summed E-state index contributed by atoms with van der Waals surface area (Å²) >= 11 is 0. The summed E-state index contributed by atoms with van der Waals surface area (Å²) in [4.78, 5) is 7.86. The van der Waals surface area contributed by atoms with Crippen LogP contribution in [0.2, 0.25) is 0 Å². The van der Waals surface area contributed by atoms with Crippen molar-refractivity contribution in [3.05, 3.63) is 0 Å². The van der Waals surface area contributed by atoms with Crippen molar-refractivity contribution in [1.29, 1.82) is 0 Å². The second-order valence-corrected chi connectivity index (χ2v) is 5.40. The molecule has 0 aromatic rings. The van der Waals surface area contributed by atoms with Crippen LogP contribution in [0.15, 0.2) is 9.98 Å². The Kier molecular flexibility index (Phi) is 6.30. The molecule has 0 amide bonds. The van der Waals surface area contributed by atoms with Gasteiger partial charge in [-0.05, 0) is 13.8 Å². The molecule has 0 aliphatic carbocycles. The van der Waals surface area contributed by atoms with Gasteiger partial charge in [-0.1, -0.05) is 21.6 Å². The highest BCUT2D eigenvalue weighted by Gasteiger charge is 2.05. The minimum atomic E-state index is -0.0124. The van der Waals surface area contributed by atoms with Crippen molar-refractivity contribution in [2.75, 3.05) is 0 Å². The smallest absolute Gasteiger partial charge is 0.187 e. The summed E-state index contributed by atoms with van der Waals surface area (Å²) in [7, 11) is 3.01. The standard InChI is InChI=1S/C6H16N6S2/c1-3(11-5(7)8)13-14-4(2)12-6(9)10/h3-4H,1-2H3,(H4,7,8,11)(H4,9,10,12). The fourth-order valence-electron chi connectivity index (χ4n) is 0.624. The maximum absolute atomic E-state index is 5.22. The summed E-state index contributed by atoms with van der Waals surface area (Å²) in [6, 6.07) is 0. The van der Waals surface area contributed by atoms with Gasteiger partial charge in [0.15, 0.2) is 11.9 Å². The van der Waals surface area contributed by atoms with Crippen LogP contribution in [-0.4, -0.2) is 22.7 Å². The van der Waals surface area contributed by atoms with Crippen molar-refractivity contribution in [2.24, 2.45) is 32.9 Å². The summed E-state index contributed by atoms with van der Waals surface area (Å²) in [6.45, 7) is 3.78. The number of nitrogens with two attached hydrogens (primary N) is 4. The van der Waals surface area contributed by atoms with Gasteiger partial charge in [0.25, 0.3) is 0 Å². The van der Waals surface area contributed by atoms with Gasteiger partial charge in [-0.25, -0.2) is 9.98 Å². The molecule has 14 heavy (non-hydrogen) atoms. The van der Waals surface area contributed by atoms with Crippen LogP contribution in [0, 0.1) is 0 Å². The summed E-state index contributed by atoms with van der Waals surface area (Å²) in [6.07, 6.45) is 0. The van der Waals surface area contributed by atoms with Crippen LogP contribution in [-0.2, 0) is 0 Å². The number of hydrogen-bond acceptors (Lipinski definition) is 4. The van der Waals surface area contributed by atoms with Crippen molar-refractivity contribution in [3.8, 4) is 0 Å². The molecule has 0 aliphatic rings. The number of aliphatic imine (C=N–C) groups is 2. The lowest BCUT2D eigenvalue weighted by molar-refractivity contribution is 1.03. The normalized spacial score (nSPS) is 14.1. The van der Waals surface area contributed by atoms with Crippen LogP contribution >= 0.6 is 21.6 Å². The fourth-order valence-corrected chi connectivity index (χ4v) is 2.50. The Morgan fingerprint density at radius 3 is 1.36 bits per heavy atom. The molecule has 8 heteroatoms. The highest BCUT2D eigenvalue weighted by molar-refractivity contribution is 8.77. The quantitative estimate of drug-likeness (QED) is 0.292. The molecule has 2 unspecified atom stereocenters. The third kappa shape index (κ3) is 7.87. The zero-order chi connectivity index (χ0) is 11.1. The van der Waals surface area contributed by atoms with Crippen molar-refractivity contribution in [3.63, 3.8) is 0 Å². The van der Waals surface area contributed by atoms with Gasteiger partial charge in [0, 0.05) is 0 Å². The molecule has 8 N–H and O–H groups in total.